The van der Waals surface area contributed by atoms with Gasteiger partial charge in [-0.05, 0) is 56.1 Å². The van der Waals surface area contributed by atoms with Gasteiger partial charge in [-0.2, -0.15) is 0 Å². The minimum absolute atomic E-state index is 0. The maximum absolute atomic E-state index is 12.1. The highest BCUT2D eigenvalue weighted by Gasteiger charge is 2.30. The summed E-state index contributed by atoms with van der Waals surface area (Å²) < 4.78 is 40.1. The first-order valence-electron chi connectivity index (χ1n) is 8.01. The number of nitrogens with zero attached hydrogens (tertiary/aromatic N) is 2. The molecule has 0 aromatic heterocycles. The van der Waals surface area contributed by atoms with E-state index >= 15 is 0 Å². The third-order valence-corrected chi connectivity index (χ3v) is 3.79. The predicted molar refractivity (Wildman–Crippen MR) is 103 cm³/mol. The highest BCUT2D eigenvalue weighted by atomic mass is 127. The van der Waals surface area contributed by atoms with E-state index < -0.39 is 6.36 Å². The molecule has 25 heavy (non-hydrogen) atoms. The minimum atomic E-state index is -4.69. The summed E-state index contributed by atoms with van der Waals surface area (Å²) in [5, 5.41) is 2.87. The van der Waals surface area contributed by atoms with Gasteiger partial charge in [0.1, 0.15) is 5.75 Å². The molecule has 5 nitrogen and oxygen atoms in total. The standard InChI is InChI=1S/C16H23F3N4O.HI/c1-2-8-23-9-7-12(11-23)10-21-15(20)22-13-3-5-14(6-4-13)24-16(17,18)19;/h3-6,12H,2,7-11H2,1H3,(H3,20,21,22);1H. The van der Waals surface area contributed by atoms with Gasteiger partial charge < -0.3 is 20.7 Å². The van der Waals surface area contributed by atoms with Crippen LogP contribution in [0, 0.1) is 5.92 Å². The van der Waals surface area contributed by atoms with Crippen molar-refractivity contribution in [2.75, 3.05) is 31.5 Å². The Labute approximate surface area is 162 Å². The third kappa shape index (κ3) is 8.13. The number of benzene rings is 1. The summed E-state index contributed by atoms with van der Waals surface area (Å²) in [5.74, 6) is 0.485. The van der Waals surface area contributed by atoms with Crippen molar-refractivity contribution in [3.05, 3.63) is 24.3 Å². The van der Waals surface area contributed by atoms with Crippen LogP contribution in [-0.4, -0.2) is 43.4 Å². The lowest BCUT2D eigenvalue weighted by atomic mass is 10.1. The monoisotopic (exact) mass is 472 g/mol. The van der Waals surface area contributed by atoms with Gasteiger partial charge in [0.25, 0.3) is 0 Å². The van der Waals surface area contributed by atoms with Crippen LogP contribution in [0.25, 0.3) is 0 Å². The summed E-state index contributed by atoms with van der Waals surface area (Å²) in [7, 11) is 0. The quantitative estimate of drug-likeness (QED) is 0.377. The number of alkyl halides is 3. The number of hydrogen-bond acceptors (Lipinski definition) is 3. The number of rotatable bonds is 6. The van der Waals surface area contributed by atoms with E-state index in [0.717, 1.165) is 32.5 Å². The molecule has 0 spiro atoms. The Morgan fingerprint density at radius 2 is 2.04 bits per heavy atom. The molecule has 1 saturated heterocycles. The molecule has 1 unspecified atom stereocenters. The number of nitrogens with one attached hydrogen (secondary N) is 1. The van der Waals surface area contributed by atoms with Crippen molar-refractivity contribution in [3.8, 4) is 5.75 Å². The lowest BCUT2D eigenvalue weighted by molar-refractivity contribution is -0.274. The number of hydrogen-bond donors (Lipinski definition) is 2. The second-order valence-electron chi connectivity index (χ2n) is 5.88. The van der Waals surface area contributed by atoms with Gasteiger partial charge in [-0.25, -0.2) is 0 Å². The van der Waals surface area contributed by atoms with Crippen LogP contribution < -0.4 is 15.8 Å². The van der Waals surface area contributed by atoms with Crippen LogP contribution in [0.15, 0.2) is 29.3 Å². The molecule has 0 aliphatic carbocycles. The molecule has 1 aromatic carbocycles. The fourth-order valence-corrected chi connectivity index (χ4v) is 2.74. The molecular weight excluding hydrogens is 448 g/mol. The van der Waals surface area contributed by atoms with Crippen molar-refractivity contribution in [1.82, 2.24) is 4.90 Å². The second-order valence-corrected chi connectivity index (χ2v) is 5.88. The van der Waals surface area contributed by atoms with Crippen molar-refractivity contribution in [3.63, 3.8) is 0 Å². The van der Waals surface area contributed by atoms with Gasteiger partial charge in [0.2, 0.25) is 0 Å². The first-order chi connectivity index (χ1) is 11.4. The van der Waals surface area contributed by atoms with E-state index in [1.165, 1.54) is 24.3 Å². The topological polar surface area (TPSA) is 62.9 Å². The number of guanidine groups is 1. The summed E-state index contributed by atoms with van der Waals surface area (Å²) in [6.45, 7) is 6.06. The van der Waals surface area contributed by atoms with Gasteiger partial charge in [0.15, 0.2) is 5.96 Å². The van der Waals surface area contributed by atoms with Crippen LogP contribution in [-0.2, 0) is 0 Å². The molecule has 2 rings (SSSR count). The molecule has 142 valence electrons. The van der Waals surface area contributed by atoms with Crippen molar-refractivity contribution < 1.29 is 17.9 Å². The van der Waals surface area contributed by atoms with E-state index in [1.54, 1.807) is 0 Å². The Morgan fingerprint density at radius 1 is 1.36 bits per heavy atom. The van der Waals surface area contributed by atoms with Gasteiger partial charge in [0, 0.05) is 18.8 Å². The molecule has 0 radical (unpaired) electrons. The van der Waals surface area contributed by atoms with Crippen LogP contribution in [0.3, 0.4) is 0 Å². The molecule has 1 fully saturated rings. The van der Waals surface area contributed by atoms with E-state index in [1.807, 2.05) is 0 Å². The normalized spacial score (nSPS) is 18.7. The number of halogens is 4. The van der Waals surface area contributed by atoms with Crippen LogP contribution in [0.1, 0.15) is 19.8 Å². The summed E-state index contributed by atoms with van der Waals surface area (Å²) in [4.78, 5) is 6.74. The zero-order valence-corrected chi connectivity index (χ0v) is 16.4. The van der Waals surface area contributed by atoms with Crippen molar-refractivity contribution in [1.29, 1.82) is 0 Å². The van der Waals surface area contributed by atoms with Crippen molar-refractivity contribution in [2.45, 2.75) is 26.1 Å². The molecule has 1 atom stereocenters. The Kier molecular flexibility index (Phi) is 8.77. The van der Waals surface area contributed by atoms with Crippen molar-refractivity contribution >= 4 is 35.6 Å². The van der Waals surface area contributed by atoms with Gasteiger partial charge in [-0.1, -0.05) is 6.92 Å². The Morgan fingerprint density at radius 3 is 2.64 bits per heavy atom. The molecule has 0 bridgehead atoms. The zero-order chi connectivity index (χ0) is 17.6. The van der Waals surface area contributed by atoms with Gasteiger partial charge in [0.05, 0.1) is 0 Å². The average molecular weight is 472 g/mol. The molecular formula is C16H24F3IN4O. The molecule has 1 aliphatic heterocycles. The second kappa shape index (κ2) is 10.0. The predicted octanol–water partition coefficient (Wildman–Crippen LogP) is 3.66. The molecule has 0 amide bonds. The first-order valence-corrected chi connectivity index (χ1v) is 8.01. The number of anilines is 1. The lowest BCUT2D eigenvalue weighted by Crippen LogP contribution is -2.25. The van der Waals surface area contributed by atoms with Crippen LogP contribution in [0.4, 0.5) is 18.9 Å². The lowest BCUT2D eigenvalue weighted by Gasteiger charge is -2.14. The first kappa shape index (κ1) is 21.8. The van der Waals surface area contributed by atoms with Gasteiger partial charge >= 0.3 is 6.36 Å². The highest BCUT2D eigenvalue weighted by molar-refractivity contribution is 14.0. The maximum Gasteiger partial charge on any atom is 0.573 e. The number of ether oxygens (including phenoxy) is 1. The fraction of sp³-hybridized carbons (Fsp3) is 0.562. The number of likely N-dealkylation sites (tertiary alicyclic amines) is 1. The van der Waals surface area contributed by atoms with Gasteiger partial charge in [-0.15, -0.1) is 37.1 Å². The number of aliphatic imine (C=N–C) groups is 1. The smallest absolute Gasteiger partial charge is 0.406 e. The van der Waals surface area contributed by atoms with E-state index in [0.29, 0.717) is 18.2 Å². The average Bonchev–Trinajstić information content (AvgIpc) is 2.94. The van der Waals surface area contributed by atoms with Crippen LogP contribution in [0.2, 0.25) is 0 Å². The minimum Gasteiger partial charge on any atom is -0.406 e. The summed E-state index contributed by atoms with van der Waals surface area (Å²) >= 11 is 0. The SMILES string of the molecule is CCCN1CCC(CN=C(N)Nc2ccc(OC(F)(F)F)cc2)C1.I. The zero-order valence-electron chi connectivity index (χ0n) is 14.1. The van der Waals surface area contributed by atoms with E-state index in [-0.39, 0.29) is 35.7 Å². The van der Waals surface area contributed by atoms with Crippen LogP contribution >= 0.6 is 24.0 Å². The number of nitrogens with two attached hydrogens (primary N) is 1. The molecule has 3 N–H and O–H groups in total. The fourth-order valence-electron chi connectivity index (χ4n) is 2.74. The van der Waals surface area contributed by atoms with Crippen molar-refractivity contribution in [2.24, 2.45) is 16.6 Å². The highest BCUT2D eigenvalue weighted by Crippen LogP contribution is 2.24. The molecule has 1 heterocycles. The molecule has 1 aliphatic rings. The summed E-state index contributed by atoms with van der Waals surface area (Å²) in [5.41, 5.74) is 6.39. The van der Waals surface area contributed by atoms with E-state index in [2.05, 4.69) is 26.9 Å². The largest absolute Gasteiger partial charge is 0.573 e. The van der Waals surface area contributed by atoms with Crippen LogP contribution in [0.5, 0.6) is 5.75 Å². The Balaban J connectivity index is 0.00000312. The van der Waals surface area contributed by atoms with E-state index in [4.69, 9.17) is 5.73 Å². The maximum atomic E-state index is 12.1. The Bertz CT molecular complexity index is 551. The molecule has 0 saturated carbocycles. The third-order valence-electron chi connectivity index (χ3n) is 3.79. The Hall–Kier alpha value is -1.23. The summed E-state index contributed by atoms with van der Waals surface area (Å²) in [6.07, 6.45) is -2.43. The van der Waals surface area contributed by atoms with E-state index in [9.17, 15) is 13.2 Å². The van der Waals surface area contributed by atoms with Gasteiger partial charge in [-0.3, -0.25) is 4.99 Å². The molecule has 1 aromatic rings. The molecule has 9 heteroatoms. The summed E-state index contributed by atoms with van der Waals surface area (Å²) in [6, 6.07) is 5.37.